The Hall–Kier alpha value is -3.92. The molecule has 2 aromatic carbocycles. The second kappa shape index (κ2) is 10.1. The van der Waals surface area contributed by atoms with Gasteiger partial charge in [-0.2, -0.15) is 0 Å². The molecule has 1 unspecified atom stereocenters. The Labute approximate surface area is 194 Å². The molecule has 11 heteroatoms. The van der Waals surface area contributed by atoms with Gasteiger partial charge in [0.15, 0.2) is 6.10 Å². The third-order valence-corrected chi connectivity index (χ3v) is 5.12. The number of hydrogen-bond donors (Lipinski definition) is 2. The fraction of sp³-hybridized carbons (Fsp3) is 0.227. The Balaban J connectivity index is 2.09. The summed E-state index contributed by atoms with van der Waals surface area (Å²) in [5.41, 5.74) is 1.18. The highest BCUT2D eigenvalue weighted by Crippen LogP contribution is 2.39. The first-order chi connectivity index (χ1) is 15.8. The molecule has 3 aromatic rings. The van der Waals surface area contributed by atoms with Gasteiger partial charge in [-0.15, -0.1) is 6.58 Å². The van der Waals surface area contributed by atoms with Gasteiger partial charge in [0.25, 0.3) is 0 Å². The maximum absolute atomic E-state index is 11.8. The molecule has 1 aromatic heterocycles. The molecule has 10 nitrogen and oxygen atoms in total. The SMILES string of the molecule is C=CCc1c(OC(C)C(=O)O)c([N+](=O)[O-])cc2c(NCc3ccc(OC)c(Cl)c3)ncnc12. The number of carbonyl (C=O) groups is 1. The molecule has 0 fully saturated rings. The zero-order chi connectivity index (χ0) is 24.1. The van der Waals surface area contributed by atoms with E-state index in [2.05, 4.69) is 21.9 Å². The molecule has 0 spiro atoms. The first-order valence-electron chi connectivity index (χ1n) is 9.78. The van der Waals surface area contributed by atoms with Crippen LogP contribution in [0.25, 0.3) is 10.9 Å². The number of nitro groups is 1. The highest BCUT2D eigenvalue weighted by molar-refractivity contribution is 6.32. The Kier molecular flexibility index (Phi) is 7.29. The highest BCUT2D eigenvalue weighted by Gasteiger charge is 2.27. The molecule has 1 atom stereocenters. The number of carboxylic acids is 1. The monoisotopic (exact) mass is 472 g/mol. The number of nitrogens with one attached hydrogen (secondary N) is 1. The van der Waals surface area contributed by atoms with Gasteiger partial charge in [-0.25, -0.2) is 14.8 Å². The van der Waals surface area contributed by atoms with Gasteiger partial charge in [0, 0.05) is 18.2 Å². The second-order valence-corrected chi connectivity index (χ2v) is 7.40. The predicted molar refractivity (Wildman–Crippen MR) is 123 cm³/mol. The van der Waals surface area contributed by atoms with Crippen molar-refractivity contribution in [3.63, 3.8) is 0 Å². The number of aromatic nitrogens is 2. The van der Waals surface area contributed by atoms with Crippen molar-refractivity contribution in [3.8, 4) is 11.5 Å². The van der Waals surface area contributed by atoms with Gasteiger partial charge in [0.05, 0.1) is 28.0 Å². The first kappa shape index (κ1) is 23.7. The summed E-state index contributed by atoms with van der Waals surface area (Å²) in [7, 11) is 1.52. The molecule has 2 N–H and O–H groups in total. The van der Waals surface area contributed by atoms with E-state index in [1.807, 2.05) is 6.07 Å². The molecule has 0 radical (unpaired) electrons. The molecular weight excluding hydrogens is 452 g/mol. The summed E-state index contributed by atoms with van der Waals surface area (Å²) in [6.07, 6.45) is 1.72. The third kappa shape index (κ3) is 5.12. The van der Waals surface area contributed by atoms with Gasteiger partial charge in [-0.3, -0.25) is 10.1 Å². The average molecular weight is 473 g/mol. The van der Waals surface area contributed by atoms with Crippen LogP contribution in [0.4, 0.5) is 11.5 Å². The van der Waals surface area contributed by atoms with E-state index in [0.717, 1.165) is 5.56 Å². The normalized spacial score (nSPS) is 11.6. The predicted octanol–water partition coefficient (Wildman–Crippen LogP) is 4.39. The second-order valence-electron chi connectivity index (χ2n) is 6.99. The maximum atomic E-state index is 11.8. The number of anilines is 1. The van der Waals surface area contributed by atoms with E-state index in [9.17, 15) is 20.0 Å². The van der Waals surface area contributed by atoms with E-state index in [-0.39, 0.29) is 12.2 Å². The van der Waals surface area contributed by atoms with E-state index < -0.39 is 22.7 Å². The largest absolute Gasteiger partial charge is 0.495 e. The van der Waals surface area contributed by atoms with Gasteiger partial charge in [0.2, 0.25) is 5.75 Å². The number of carboxylic acid groups (broad SMARTS) is 1. The van der Waals surface area contributed by atoms with Crippen molar-refractivity contribution in [2.45, 2.75) is 26.0 Å². The lowest BCUT2D eigenvalue weighted by Gasteiger charge is -2.17. The van der Waals surface area contributed by atoms with Crippen LogP contribution in [0.15, 0.2) is 43.2 Å². The molecule has 0 aliphatic heterocycles. The average Bonchev–Trinajstić information content (AvgIpc) is 2.78. The van der Waals surface area contributed by atoms with E-state index in [1.165, 1.54) is 32.5 Å². The van der Waals surface area contributed by atoms with E-state index in [4.69, 9.17) is 21.1 Å². The molecule has 172 valence electrons. The van der Waals surface area contributed by atoms with Crippen LogP contribution in [-0.4, -0.2) is 39.2 Å². The van der Waals surface area contributed by atoms with Crippen molar-refractivity contribution in [2.75, 3.05) is 12.4 Å². The maximum Gasteiger partial charge on any atom is 0.344 e. The van der Waals surface area contributed by atoms with Crippen molar-refractivity contribution in [2.24, 2.45) is 0 Å². The molecule has 0 saturated heterocycles. The number of benzene rings is 2. The van der Waals surface area contributed by atoms with E-state index in [1.54, 1.807) is 12.1 Å². The number of nitro benzene ring substituents is 1. The van der Waals surface area contributed by atoms with Crippen LogP contribution >= 0.6 is 11.6 Å². The van der Waals surface area contributed by atoms with Crippen LogP contribution in [0, 0.1) is 10.1 Å². The molecule has 0 bridgehead atoms. The Morgan fingerprint density at radius 3 is 2.76 bits per heavy atom. The molecule has 33 heavy (non-hydrogen) atoms. The van der Waals surface area contributed by atoms with Crippen LogP contribution in [0.2, 0.25) is 5.02 Å². The summed E-state index contributed by atoms with van der Waals surface area (Å²) in [5.74, 6) is -0.509. The minimum Gasteiger partial charge on any atom is -0.495 e. The number of halogens is 1. The van der Waals surface area contributed by atoms with Crippen molar-refractivity contribution in [1.29, 1.82) is 0 Å². The molecule has 0 saturated carbocycles. The minimum atomic E-state index is -1.30. The van der Waals surface area contributed by atoms with Gasteiger partial charge >= 0.3 is 11.7 Å². The molecule has 1 heterocycles. The van der Waals surface area contributed by atoms with Crippen molar-refractivity contribution in [3.05, 3.63) is 69.5 Å². The quantitative estimate of drug-likeness (QED) is 0.250. The molecular formula is C22H21ClN4O6. The minimum absolute atomic E-state index is 0.158. The Bertz CT molecular complexity index is 1230. The van der Waals surface area contributed by atoms with Crippen molar-refractivity contribution < 1.29 is 24.3 Å². The summed E-state index contributed by atoms with van der Waals surface area (Å²) in [6.45, 7) is 5.31. The summed E-state index contributed by atoms with van der Waals surface area (Å²) < 4.78 is 10.6. The fourth-order valence-electron chi connectivity index (χ4n) is 3.21. The van der Waals surface area contributed by atoms with Gasteiger partial charge in [-0.1, -0.05) is 23.7 Å². The molecule has 0 aliphatic carbocycles. The van der Waals surface area contributed by atoms with Crippen LogP contribution < -0.4 is 14.8 Å². The topological polar surface area (TPSA) is 137 Å². The van der Waals surface area contributed by atoms with Crippen LogP contribution in [0.3, 0.4) is 0 Å². The van der Waals surface area contributed by atoms with Crippen molar-refractivity contribution >= 4 is 40.0 Å². The van der Waals surface area contributed by atoms with E-state index in [0.29, 0.717) is 39.6 Å². The number of methoxy groups -OCH3 is 1. The number of ether oxygens (including phenoxy) is 2. The van der Waals surface area contributed by atoms with Crippen LogP contribution in [-0.2, 0) is 17.8 Å². The first-order valence-corrected chi connectivity index (χ1v) is 10.2. The summed E-state index contributed by atoms with van der Waals surface area (Å²) in [6, 6.07) is 6.57. The number of fused-ring (bicyclic) bond motifs is 1. The highest BCUT2D eigenvalue weighted by atomic mass is 35.5. The lowest BCUT2D eigenvalue weighted by molar-refractivity contribution is -0.385. The number of rotatable bonds is 10. The van der Waals surface area contributed by atoms with E-state index >= 15 is 0 Å². The molecule has 0 aliphatic rings. The van der Waals surface area contributed by atoms with Gasteiger partial charge < -0.3 is 19.9 Å². The summed E-state index contributed by atoms with van der Waals surface area (Å²) in [5, 5.41) is 25.0. The number of aliphatic carboxylic acids is 1. The third-order valence-electron chi connectivity index (χ3n) is 4.82. The molecule has 3 rings (SSSR count). The Morgan fingerprint density at radius 1 is 1.39 bits per heavy atom. The van der Waals surface area contributed by atoms with Crippen LogP contribution in [0.1, 0.15) is 18.1 Å². The van der Waals surface area contributed by atoms with Gasteiger partial charge in [-0.05, 0) is 31.0 Å². The zero-order valence-electron chi connectivity index (χ0n) is 17.9. The summed E-state index contributed by atoms with van der Waals surface area (Å²) >= 11 is 6.18. The zero-order valence-corrected chi connectivity index (χ0v) is 18.6. The number of nitrogens with zero attached hydrogens (tertiary/aromatic N) is 3. The number of hydrogen-bond acceptors (Lipinski definition) is 8. The number of allylic oxidation sites excluding steroid dienone is 1. The summed E-state index contributed by atoms with van der Waals surface area (Å²) in [4.78, 5) is 31.0. The smallest absolute Gasteiger partial charge is 0.344 e. The van der Waals surface area contributed by atoms with Crippen LogP contribution in [0.5, 0.6) is 11.5 Å². The molecule has 0 amide bonds. The fourth-order valence-corrected chi connectivity index (χ4v) is 3.49. The standard InChI is InChI=1S/C22H21ClN4O6/c1-4-5-14-19-15(9-17(27(30)31)20(14)33-12(2)22(28)29)21(26-11-25-19)24-10-13-6-7-18(32-3)16(23)8-13/h4,6-9,11-12H,1,5,10H2,2-3H3,(H,28,29)(H,24,25,26). The lowest BCUT2D eigenvalue weighted by atomic mass is 10.0. The van der Waals surface area contributed by atoms with Gasteiger partial charge in [0.1, 0.15) is 17.9 Å². The Morgan fingerprint density at radius 2 is 2.15 bits per heavy atom. The lowest BCUT2D eigenvalue weighted by Crippen LogP contribution is -2.24. The van der Waals surface area contributed by atoms with Crippen molar-refractivity contribution in [1.82, 2.24) is 9.97 Å².